The lowest BCUT2D eigenvalue weighted by atomic mass is 9.45. The number of aliphatic hydroxyl groups is 1. The van der Waals surface area contributed by atoms with Crippen LogP contribution in [-0.4, -0.2) is 17.3 Å². The Morgan fingerprint density at radius 1 is 0.857 bits per heavy atom. The van der Waals surface area contributed by atoms with Gasteiger partial charge in [-0.15, -0.1) is 0 Å². The van der Waals surface area contributed by atoms with Crippen molar-refractivity contribution in [3.63, 3.8) is 0 Å². The van der Waals surface area contributed by atoms with Gasteiger partial charge in [-0.3, -0.25) is 0 Å². The molecule has 0 heterocycles. The summed E-state index contributed by atoms with van der Waals surface area (Å²) in [6.07, 6.45) is 11.6. The molecule has 0 bridgehead atoms. The molecule has 0 aliphatic heterocycles. The molecule has 4 aliphatic carbocycles. The Bertz CT molecular complexity index is 424. The molecule has 0 unspecified atom stereocenters. The predicted molar refractivity (Wildman–Crippen MR) is 85.7 cm³/mol. The summed E-state index contributed by atoms with van der Waals surface area (Å²) in [4.78, 5) is 0. The Labute approximate surface area is 129 Å². The second-order valence-electron chi connectivity index (χ2n) is 9.33. The second kappa shape index (κ2) is 4.71. The van der Waals surface area contributed by atoms with Crippen LogP contribution in [0.25, 0.3) is 0 Å². The third-order valence-corrected chi connectivity index (χ3v) is 8.66. The van der Waals surface area contributed by atoms with Gasteiger partial charge in [-0.25, -0.2) is 0 Å². The number of fused-ring (bicyclic) bond motifs is 5. The van der Waals surface area contributed by atoms with Gasteiger partial charge in [0, 0.05) is 6.04 Å². The fourth-order valence-electron chi connectivity index (χ4n) is 7.26. The van der Waals surface area contributed by atoms with Crippen LogP contribution in [0, 0.1) is 34.5 Å². The molecule has 0 amide bonds. The zero-order valence-corrected chi connectivity index (χ0v) is 13.9. The largest absolute Gasteiger partial charge is 0.393 e. The van der Waals surface area contributed by atoms with Gasteiger partial charge < -0.3 is 10.8 Å². The topological polar surface area (TPSA) is 46.2 Å². The fraction of sp³-hybridized carbons (Fsp3) is 1.00. The molecule has 4 rings (SSSR count). The Kier molecular flexibility index (Phi) is 3.25. The molecular formula is C19H33NO. The van der Waals surface area contributed by atoms with Gasteiger partial charge in [0.2, 0.25) is 0 Å². The molecule has 4 fully saturated rings. The molecule has 0 aromatic rings. The Hall–Kier alpha value is -0.0800. The first kappa shape index (κ1) is 14.5. The normalized spacial score (nSPS) is 60.0. The van der Waals surface area contributed by atoms with Crippen LogP contribution in [0.3, 0.4) is 0 Å². The van der Waals surface area contributed by atoms with Gasteiger partial charge >= 0.3 is 0 Å². The first-order chi connectivity index (χ1) is 9.95. The first-order valence-corrected chi connectivity index (χ1v) is 9.39. The monoisotopic (exact) mass is 291 g/mol. The van der Waals surface area contributed by atoms with Gasteiger partial charge in [-0.05, 0) is 92.3 Å². The van der Waals surface area contributed by atoms with E-state index in [-0.39, 0.29) is 11.5 Å². The molecular weight excluding hydrogens is 258 g/mol. The van der Waals surface area contributed by atoms with Crippen LogP contribution in [0.15, 0.2) is 0 Å². The minimum absolute atomic E-state index is 0.0336. The molecule has 2 heteroatoms. The van der Waals surface area contributed by atoms with E-state index in [9.17, 15) is 5.11 Å². The van der Waals surface area contributed by atoms with Crippen molar-refractivity contribution in [2.75, 3.05) is 0 Å². The SMILES string of the molecule is C[C@]12CC[C@H](N)C[C@@H]1CC[C@@H]1[C@@H]2CC[C@]2(C)[C@@H](O)CC[C@@H]12. The maximum atomic E-state index is 10.5. The number of rotatable bonds is 0. The van der Waals surface area contributed by atoms with E-state index in [0.717, 1.165) is 30.1 Å². The van der Waals surface area contributed by atoms with Crippen LogP contribution in [0.2, 0.25) is 0 Å². The van der Waals surface area contributed by atoms with E-state index in [1.54, 1.807) is 0 Å². The standard InChI is InChI=1S/C19H33NO/c1-18-9-7-13(20)11-12(18)3-4-14-15-5-6-17(21)19(15,2)10-8-16(14)18/h12-17,21H,3-11,20H2,1-2H3/t12-,13-,14-,15-,16-,17-,18-,19-/m0/s1. The van der Waals surface area contributed by atoms with Crippen LogP contribution in [0.4, 0.5) is 0 Å². The van der Waals surface area contributed by atoms with Crippen LogP contribution in [-0.2, 0) is 0 Å². The highest BCUT2D eigenvalue weighted by atomic mass is 16.3. The molecule has 21 heavy (non-hydrogen) atoms. The van der Waals surface area contributed by atoms with Crippen molar-refractivity contribution in [1.29, 1.82) is 0 Å². The van der Waals surface area contributed by atoms with E-state index >= 15 is 0 Å². The lowest BCUT2D eigenvalue weighted by Crippen LogP contribution is -2.55. The molecule has 0 aromatic heterocycles. The number of hydrogen-bond acceptors (Lipinski definition) is 2. The van der Waals surface area contributed by atoms with E-state index < -0.39 is 0 Å². The minimum Gasteiger partial charge on any atom is -0.393 e. The lowest BCUT2D eigenvalue weighted by Gasteiger charge is -2.60. The highest BCUT2D eigenvalue weighted by Gasteiger charge is 2.59. The molecule has 4 saturated carbocycles. The van der Waals surface area contributed by atoms with Crippen LogP contribution < -0.4 is 5.73 Å². The van der Waals surface area contributed by atoms with Crippen molar-refractivity contribution in [1.82, 2.24) is 0 Å². The van der Waals surface area contributed by atoms with Crippen LogP contribution >= 0.6 is 0 Å². The van der Waals surface area contributed by atoms with Gasteiger partial charge in [-0.2, -0.15) is 0 Å². The van der Waals surface area contributed by atoms with Gasteiger partial charge in [0.1, 0.15) is 0 Å². The minimum atomic E-state index is -0.0336. The summed E-state index contributed by atoms with van der Waals surface area (Å²) in [5.41, 5.74) is 7.04. The maximum Gasteiger partial charge on any atom is 0.0596 e. The number of hydrogen-bond donors (Lipinski definition) is 2. The third-order valence-electron chi connectivity index (χ3n) is 8.66. The highest BCUT2D eigenvalue weighted by Crippen LogP contribution is 2.66. The van der Waals surface area contributed by atoms with Crippen molar-refractivity contribution < 1.29 is 5.11 Å². The average molecular weight is 291 g/mol. The maximum absolute atomic E-state index is 10.5. The molecule has 8 atom stereocenters. The predicted octanol–water partition coefficient (Wildman–Crippen LogP) is 3.72. The molecule has 2 nitrogen and oxygen atoms in total. The molecule has 0 aromatic carbocycles. The van der Waals surface area contributed by atoms with Crippen LogP contribution in [0.1, 0.15) is 71.6 Å². The summed E-state index contributed by atoms with van der Waals surface area (Å²) in [5, 5.41) is 10.5. The van der Waals surface area contributed by atoms with E-state index in [2.05, 4.69) is 13.8 Å². The van der Waals surface area contributed by atoms with E-state index in [0.29, 0.717) is 11.5 Å². The molecule has 0 spiro atoms. The zero-order chi connectivity index (χ0) is 14.8. The summed E-state index contributed by atoms with van der Waals surface area (Å²) >= 11 is 0. The summed E-state index contributed by atoms with van der Waals surface area (Å²) in [6, 6.07) is 0.460. The van der Waals surface area contributed by atoms with Gasteiger partial charge in [-0.1, -0.05) is 13.8 Å². The third kappa shape index (κ3) is 1.91. The summed E-state index contributed by atoms with van der Waals surface area (Å²) in [7, 11) is 0. The van der Waals surface area contributed by atoms with E-state index in [1.165, 1.54) is 51.4 Å². The first-order valence-electron chi connectivity index (χ1n) is 9.39. The number of aliphatic hydroxyl groups excluding tert-OH is 1. The average Bonchev–Trinajstić information content (AvgIpc) is 2.76. The van der Waals surface area contributed by atoms with Crippen LogP contribution in [0.5, 0.6) is 0 Å². The quantitative estimate of drug-likeness (QED) is 0.714. The summed E-state index contributed by atoms with van der Waals surface area (Å²) in [5.74, 6) is 3.46. The Morgan fingerprint density at radius 3 is 2.38 bits per heavy atom. The van der Waals surface area contributed by atoms with Crippen molar-refractivity contribution >= 4 is 0 Å². The van der Waals surface area contributed by atoms with Gasteiger partial charge in [0.15, 0.2) is 0 Å². The molecule has 0 radical (unpaired) electrons. The van der Waals surface area contributed by atoms with Crippen molar-refractivity contribution in [3.8, 4) is 0 Å². The Morgan fingerprint density at radius 2 is 1.57 bits per heavy atom. The fourth-order valence-corrected chi connectivity index (χ4v) is 7.26. The number of nitrogens with two attached hydrogens (primary N) is 1. The highest BCUT2D eigenvalue weighted by molar-refractivity contribution is 5.09. The molecule has 120 valence electrons. The summed E-state index contributed by atoms with van der Waals surface area (Å²) < 4.78 is 0. The van der Waals surface area contributed by atoms with Crippen molar-refractivity contribution in [2.45, 2.75) is 83.8 Å². The van der Waals surface area contributed by atoms with Crippen molar-refractivity contribution in [2.24, 2.45) is 40.2 Å². The van der Waals surface area contributed by atoms with E-state index in [1.807, 2.05) is 0 Å². The smallest absolute Gasteiger partial charge is 0.0596 e. The summed E-state index contributed by atoms with van der Waals surface area (Å²) in [6.45, 7) is 4.98. The molecule has 0 saturated heterocycles. The second-order valence-corrected chi connectivity index (χ2v) is 9.33. The molecule has 4 aliphatic rings. The Balaban J connectivity index is 1.62. The van der Waals surface area contributed by atoms with Crippen molar-refractivity contribution in [3.05, 3.63) is 0 Å². The zero-order valence-electron chi connectivity index (χ0n) is 13.9. The lowest BCUT2D eigenvalue weighted by molar-refractivity contribution is -0.122. The van der Waals surface area contributed by atoms with E-state index in [4.69, 9.17) is 5.73 Å². The van der Waals surface area contributed by atoms with Gasteiger partial charge in [0.05, 0.1) is 6.10 Å². The van der Waals surface area contributed by atoms with Gasteiger partial charge in [0.25, 0.3) is 0 Å². The molecule has 3 N–H and O–H groups in total.